The van der Waals surface area contributed by atoms with E-state index in [1.165, 1.54) is 7.11 Å². The van der Waals surface area contributed by atoms with Crippen LogP contribution in [0, 0.1) is 13.8 Å². The fourth-order valence-corrected chi connectivity index (χ4v) is 3.91. The number of hydrogen-bond acceptors (Lipinski definition) is 4. The van der Waals surface area contributed by atoms with Crippen LogP contribution < -0.4 is 19.9 Å². The molecular weight excluding hydrogens is 416 g/mol. The summed E-state index contributed by atoms with van der Waals surface area (Å²) in [6.45, 7) is 4.04. The Balaban J connectivity index is 1.80. The van der Waals surface area contributed by atoms with Crippen LogP contribution >= 0.6 is 0 Å². The largest absolute Gasteiger partial charge is 0.493 e. The highest BCUT2D eigenvalue weighted by Crippen LogP contribution is 2.30. The first-order chi connectivity index (χ1) is 15.9. The number of methoxy groups -OCH3 is 2. The number of H-pyrrole nitrogens is 1. The van der Waals surface area contributed by atoms with Crippen LogP contribution in [0.2, 0.25) is 0 Å². The van der Waals surface area contributed by atoms with Gasteiger partial charge in [0.15, 0.2) is 11.5 Å². The van der Waals surface area contributed by atoms with Crippen LogP contribution in [0.3, 0.4) is 0 Å². The third-order valence-corrected chi connectivity index (χ3v) is 5.69. The minimum Gasteiger partial charge on any atom is -0.493 e. The van der Waals surface area contributed by atoms with E-state index in [4.69, 9.17) is 9.47 Å². The van der Waals surface area contributed by atoms with E-state index in [0.717, 1.165) is 27.7 Å². The number of carbonyl (C=O) groups excluding carboxylic acids is 1. The molecule has 0 fully saturated rings. The van der Waals surface area contributed by atoms with Crippen molar-refractivity contribution in [3.05, 3.63) is 99.3 Å². The Morgan fingerprint density at radius 2 is 1.67 bits per heavy atom. The molecule has 3 aromatic carbocycles. The molecule has 0 bridgehead atoms. The molecule has 0 saturated heterocycles. The zero-order valence-electron chi connectivity index (χ0n) is 19.1. The van der Waals surface area contributed by atoms with Crippen molar-refractivity contribution in [2.75, 3.05) is 19.1 Å². The van der Waals surface area contributed by atoms with E-state index in [1.54, 1.807) is 30.2 Å². The maximum Gasteiger partial charge on any atom is 0.258 e. The molecule has 6 heteroatoms. The summed E-state index contributed by atoms with van der Waals surface area (Å²) >= 11 is 0. The number of aryl methyl sites for hydroxylation is 2. The van der Waals surface area contributed by atoms with Crippen LogP contribution in [-0.4, -0.2) is 25.1 Å². The van der Waals surface area contributed by atoms with Gasteiger partial charge in [0.25, 0.3) is 11.5 Å². The number of aromatic amines is 1. The molecule has 0 aliphatic heterocycles. The predicted molar refractivity (Wildman–Crippen MR) is 131 cm³/mol. The lowest BCUT2D eigenvalue weighted by molar-refractivity contribution is 0.0984. The summed E-state index contributed by atoms with van der Waals surface area (Å²) in [5.74, 6) is 0.762. The Morgan fingerprint density at radius 3 is 2.39 bits per heavy atom. The molecule has 33 heavy (non-hydrogen) atoms. The molecule has 168 valence electrons. The molecule has 1 heterocycles. The van der Waals surface area contributed by atoms with Gasteiger partial charge in [-0.15, -0.1) is 0 Å². The van der Waals surface area contributed by atoms with Gasteiger partial charge >= 0.3 is 0 Å². The summed E-state index contributed by atoms with van der Waals surface area (Å²) < 4.78 is 10.7. The first-order valence-electron chi connectivity index (χ1n) is 10.6. The number of aromatic nitrogens is 1. The zero-order valence-corrected chi connectivity index (χ0v) is 19.1. The predicted octanol–water partition coefficient (Wildman–Crippen LogP) is 5.01. The van der Waals surface area contributed by atoms with Crippen molar-refractivity contribution >= 4 is 22.5 Å². The number of carbonyl (C=O) groups is 1. The van der Waals surface area contributed by atoms with Crippen LogP contribution in [0.1, 0.15) is 27.0 Å². The van der Waals surface area contributed by atoms with E-state index in [9.17, 15) is 9.59 Å². The molecule has 6 nitrogen and oxygen atoms in total. The van der Waals surface area contributed by atoms with Crippen molar-refractivity contribution in [2.45, 2.75) is 20.4 Å². The van der Waals surface area contributed by atoms with Crippen LogP contribution in [0.4, 0.5) is 5.69 Å². The molecule has 0 aliphatic rings. The second-order valence-corrected chi connectivity index (χ2v) is 7.96. The lowest BCUT2D eigenvalue weighted by Crippen LogP contribution is -2.33. The molecule has 1 N–H and O–H groups in total. The topological polar surface area (TPSA) is 71.6 Å². The SMILES string of the molecule is COc1ccc(C(=O)N(Cc2cc3ccc(C)cc3[nH]c2=O)c2ccccc2C)cc1OC. The lowest BCUT2D eigenvalue weighted by Gasteiger charge is -2.25. The fourth-order valence-electron chi connectivity index (χ4n) is 3.91. The van der Waals surface area contributed by atoms with Gasteiger partial charge in [-0.05, 0) is 66.8 Å². The summed E-state index contributed by atoms with van der Waals surface area (Å²) in [6, 6.07) is 20.4. The number of para-hydroxylation sites is 1. The van der Waals surface area contributed by atoms with Crippen molar-refractivity contribution in [1.29, 1.82) is 0 Å². The Hall–Kier alpha value is -4.06. The van der Waals surface area contributed by atoms with E-state index in [-0.39, 0.29) is 18.0 Å². The number of fused-ring (bicyclic) bond motifs is 1. The minimum atomic E-state index is -0.242. The van der Waals surface area contributed by atoms with Gasteiger partial charge in [-0.25, -0.2) is 0 Å². The average Bonchev–Trinajstić information content (AvgIpc) is 2.82. The molecule has 0 radical (unpaired) electrons. The number of ether oxygens (including phenoxy) is 2. The van der Waals surface area contributed by atoms with Crippen LogP contribution in [0.25, 0.3) is 10.9 Å². The Kier molecular flexibility index (Phi) is 6.18. The number of nitrogens with one attached hydrogen (secondary N) is 1. The standard InChI is InChI=1S/C27H26N2O4/c1-17-9-10-19-14-21(26(30)28-22(19)13-17)16-29(23-8-6-5-7-18(23)2)27(31)20-11-12-24(32-3)25(15-20)33-4/h5-15H,16H2,1-4H3,(H,28,30). The van der Waals surface area contributed by atoms with Gasteiger partial charge in [-0.3, -0.25) is 9.59 Å². The molecule has 1 amide bonds. The van der Waals surface area contributed by atoms with Gasteiger partial charge in [0, 0.05) is 22.3 Å². The molecule has 0 atom stereocenters. The number of benzene rings is 3. The zero-order chi connectivity index (χ0) is 23.5. The minimum absolute atomic E-state index is 0.122. The Morgan fingerprint density at radius 1 is 0.909 bits per heavy atom. The third-order valence-electron chi connectivity index (χ3n) is 5.69. The van der Waals surface area contributed by atoms with Crippen molar-refractivity contribution in [3.8, 4) is 11.5 Å². The van der Waals surface area contributed by atoms with Gasteiger partial charge in [-0.1, -0.05) is 30.3 Å². The monoisotopic (exact) mass is 442 g/mol. The van der Waals surface area contributed by atoms with Crippen molar-refractivity contribution in [2.24, 2.45) is 0 Å². The number of nitrogens with zero attached hydrogens (tertiary/aromatic N) is 1. The number of pyridine rings is 1. The quantitative estimate of drug-likeness (QED) is 0.456. The van der Waals surface area contributed by atoms with E-state index in [2.05, 4.69) is 4.98 Å². The third kappa shape index (κ3) is 4.46. The van der Waals surface area contributed by atoms with Gasteiger partial charge < -0.3 is 19.4 Å². The molecular formula is C27H26N2O4. The van der Waals surface area contributed by atoms with Gasteiger partial charge in [-0.2, -0.15) is 0 Å². The smallest absolute Gasteiger partial charge is 0.258 e. The van der Waals surface area contributed by atoms with E-state index in [1.807, 2.05) is 62.4 Å². The second-order valence-electron chi connectivity index (χ2n) is 7.96. The molecule has 1 aromatic heterocycles. The summed E-state index contributed by atoms with van der Waals surface area (Å²) in [6.07, 6.45) is 0. The molecule has 0 saturated carbocycles. The summed E-state index contributed by atoms with van der Waals surface area (Å²) in [7, 11) is 3.08. The highest BCUT2D eigenvalue weighted by Gasteiger charge is 2.22. The maximum atomic E-state index is 13.7. The fraction of sp³-hybridized carbons (Fsp3) is 0.185. The first-order valence-corrected chi connectivity index (χ1v) is 10.6. The van der Waals surface area contributed by atoms with E-state index >= 15 is 0 Å². The van der Waals surface area contributed by atoms with Gasteiger partial charge in [0.05, 0.1) is 20.8 Å². The molecule has 0 aliphatic carbocycles. The van der Waals surface area contributed by atoms with Gasteiger partial charge in [0.2, 0.25) is 0 Å². The van der Waals surface area contributed by atoms with Gasteiger partial charge in [0.1, 0.15) is 0 Å². The second kappa shape index (κ2) is 9.20. The number of amides is 1. The van der Waals surface area contributed by atoms with Crippen LogP contribution in [-0.2, 0) is 6.54 Å². The molecule has 0 spiro atoms. The highest BCUT2D eigenvalue weighted by atomic mass is 16.5. The molecule has 0 unspecified atom stereocenters. The molecule has 4 aromatic rings. The first kappa shape index (κ1) is 22.1. The number of anilines is 1. The van der Waals surface area contributed by atoms with Crippen LogP contribution in [0.5, 0.6) is 11.5 Å². The highest BCUT2D eigenvalue weighted by molar-refractivity contribution is 6.06. The maximum absolute atomic E-state index is 13.7. The Labute approximate surface area is 192 Å². The molecule has 4 rings (SSSR count). The summed E-state index contributed by atoms with van der Waals surface area (Å²) in [5.41, 5.74) is 4.23. The van der Waals surface area contributed by atoms with Crippen molar-refractivity contribution in [1.82, 2.24) is 4.98 Å². The average molecular weight is 443 g/mol. The summed E-state index contributed by atoms with van der Waals surface area (Å²) in [5, 5.41) is 0.915. The lowest BCUT2D eigenvalue weighted by atomic mass is 10.1. The van der Waals surface area contributed by atoms with Crippen molar-refractivity contribution < 1.29 is 14.3 Å². The van der Waals surface area contributed by atoms with Crippen LogP contribution in [0.15, 0.2) is 71.5 Å². The normalized spacial score (nSPS) is 10.8. The number of rotatable bonds is 6. The van der Waals surface area contributed by atoms with Crippen molar-refractivity contribution in [3.63, 3.8) is 0 Å². The summed E-state index contributed by atoms with van der Waals surface area (Å²) in [4.78, 5) is 31.2. The number of hydrogen-bond donors (Lipinski definition) is 1. The van der Waals surface area contributed by atoms with E-state index in [0.29, 0.717) is 22.6 Å². The Bertz CT molecular complexity index is 1390. The van der Waals surface area contributed by atoms with E-state index < -0.39 is 0 Å².